The highest BCUT2D eigenvalue weighted by molar-refractivity contribution is 9.10. The number of rotatable bonds is 4. The van der Waals surface area contributed by atoms with E-state index in [-0.39, 0.29) is 11.9 Å². The molecule has 1 aliphatic rings. The van der Waals surface area contributed by atoms with E-state index in [0.29, 0.717) is 25.9 Å². The molecule has 6 heteroatoms. The van der Waals surface area contributed by atoms with E-state index in [1.165, 1.54) is 0 Å². The fourth-order valence-corrected chi connectivity index (χ4v) is 2.55. The first kappa shape index (κ1) is 14.8. The monoisotopic (exact) mass is 339 g/mol. The molecular weight excluding hydrogens is 322 g/mol. The third-order valence-corrected chi connectivity index (χ3v) is 3.95. The van der Waals surface area contributed by atoms with E-state index in [4.69, 9.17) is 5.73 Å². The largest absolute Gasteiger partial charge is 0.352 e. The van der Waals surface area contributed by atoms with E-state index in [9.17, 15) is 9.59 Å². The summed E-state index contributed by atoms with van der Waals surface area (Å²) in [5.74, 6) is 0.0178. The lowest BCUT2D eigenvalue weighted by atomic mass is 10.1. The number of amides is 3. The second-order valence-corrected chi connectivity index (χ2v) is 5.88. The summed E-state index contributed by atoms with van der Waals surface area (Å²) in [5.41, 5.74) is 6.34. The Bertz CT molecular complexity index is 490. The van der Waals surface area contributed by atoms with Crippen LogP contribution in [0.1, 0.15) is 18.4 Å². The van der Waals surface area contributed by atoms with Crippen molar-refractivity contribution in [2.24, 2.45) is 5.73 Å². The van der Waals surface area contributed by atoms with Crippen LogP contribution in [0.25, 0.3) is 0 Å². The molecular formula is C14H18BrN3O2. The number of hydrogen-bond donors (Lipinski definition) is 2. The van der Waals surface area contributed by atoms with Gasteiger partial charge in [-0.15, -0.1) is 0 Å². The number of nitrogens with one attached hydrogen (secondary N) is 1. The highest BCUT2D eigenvalue weighted by atomic mass is 79.9. The molecule has 1 aromatic rings. The number of urea groups is 1. The van der Waals surface area contributed by atoms with Gasteiger partial charge in [0.1, 0.15) is 0 Å². The average molecular weight is 340 g/mol. The molecule has 1 aliphatic heterocycles. The molecule has 5 nitrogen and oxygen atoms in total. The van der Waals surface area contributed by atoms with Crippen molar-refractivity contribution < 1.29 is 9.59 Å². The van der Waals surface area contributed by atoms with Crippen molar-refractivity contribution in [3.63, 3.8) is 0 Å². The summed E-state index contributed by atoms with van der Waals surface area (Å²) in [6.07, 6.45) is 1.94. The van der Waals surface area contributed by atoms with Crippen molar-refractivity contribution in [2.45, 2.75) is 25.3 Å². The SMILES string of the molecule is NC(=O)N1CC[C@@H](NC(=O)CCc2ccc(Br)cc2)C1. The van der Waals surface area contributed by atoms with Gasteiger partial charge in [-0.2, -0.15) is 0 Å². The van der Waals surface area contributed by atoms with Gasteiger partial charge in [0.25, 0.3) is 0 Å². The molecule has 0 radical (unpaired) electrons. The molecule has 0 aliphatic carbocycles. The van der Waals surface area contributed by atoms with Crippen molar-refractivity contribution in [3.05, 3.63) is 34.3 Å². The lowest BCUT2D eigenvalue weighted by Gasteiger charge is -2.14. The van der Waals surface area contributed by atoms with Crippen LogP contribution < -0.4 is 11.1 Å². The Hall–Kier alpha value is -1.56. The van der Waals surface area contributed by atoms with E-state index >= 15 is 0 Å². The number of nitrogens with zero attached hydrogens (tertiary/aromatic N) is 1. The smallest absolute Gasteiger partial charge is 0.314 e. The molecule has 1 atom stereocenters. The molecule has 0 spiro atoms. The Morgan fingerprint density at radius 2 is 2.05 bits per heavy atom. The molecule has 1 heterocycles. The summed E-state index contributed by atoms with van der Waals surface area (Å²) in [4.78, 5) is 24.4. The zero-order valence-electron chi connectivity index (χ0n) is 11.1. The molecule has 108 valence electrons. The van der Waals surface area contributed by atoms with Gasteiger partial charge >= 0.3 is 6.03 Å². The quantitative estimate of drug-likeness (QED) is 0.875. The Morgan fingerprint density at radius 3 is 2.65 bits per heavy atom. The molecule has 3 N–H and O–H groups in total. The number of carbonyl (C=O) groups is 2. The maximum absolute atomic E-state index is 11.9. The molecule has 1 aromatic carbocycles. The van der Waals surface area contributed by atoms with Crippen LogP contribution in [-0.4, -0.2) is 36.0 Å². The van der Waals surface area contributed by atoms with Crippen LogP contribution in [0.15, 0.2) is 28.7 Å². The third kappa shape index (κ3) is 4.23. The van der Waals surface area contributed by atoms with Crippen molar-refractivity contribution in [1.82, 2.24) is 10.2 Å². The summed E-state index contributed by atoms with van der Waals surface area (Å²) < 4.78 is 1.03. The summed E-state index contributed by atoms with van der Waals surface area (Å²) in [6.45, 7) is 1.13. The van der Waals surface area contributed by atoms with Gasteiger partial charge in [0.05, 0.1) is 0 Å². The number of nitrogens with two attached hydrogens (primary N) is 1. The lowest BCUT2D eigenvalue weighted by molar-refractivity contribution is -0.121. The van der Waals surface area contributed by atoms with Crippen LogP contribution in [-0.2, 0) is 11.2 Å². The zero-order chi connectivity index (χ0) is 14.5. The van der Waals surface area contributed by atoms with E-state index in [1.807, 2.05) is 24.3 Å². The number of carbonyl (C=O) groups excluding carboxylic acids is 2. The minimum absolute atomic E-state index is 0.0178. The number of likely N-dealkylation sites (tertiary alicyclic amines) is 1. The predicted molar refractivity (Wildman–Crippen MR) is 80.2 cm³/mol. The summed E-state index contributed by atoms with van der Waals surface area (Å²) in [7, 11) is 0. The standard InChI is InChI=1S/C14H18BrN3O2/c15-11-4-1-10(2-5-11)3-6-13(19)17-12-7-8-18(9-12)14(16)20/h1-2,4-5,12H,3,6-9H2,(H2,16,20)(H,17,19)/t12-/m1/s1. The van der Waals surface area contributed by atoms with E-state index in [1.54, 1.807) is 4.90 Å². The van der Waals surface area contributed by atoms with Crippen molar-refractivity contribution >= 4 is 27.9 Å². The van der Waals surface area contributed by atoms with E-state index in [2.05, 4.69) is 21.2 Å². The molecule has 0 bridgehead atoms. The number of hydrogen-bond acceptors (Lipinski definition) is 2. The van der Waals surface area contributed by atoms with Gasteiger partial charge in [0.2, 0.25) is 5.91 Å². The molecule has 0 saturated carbocycles. The fourth-order valence-electron chi connectivity index (χ4n) is 2.29. The average Bonchev–Trinajstić information content (AvgIpc) is 2.87. The Labute approximate surface area is 126 Å². The molecule has 1 fully saturated rings. The molecule has 0 unspecified atom stereocenters. The third-order valence-electron chi connectivity index (χ3n) is 3.42. The minimum Gasteiger partial charge on any atom is -0.352 e. The maximum Gasteiger partial charge on any atom is 0.314 e. The number of aryl methyl sites for hydroxylation is 1. The van der Waals surface area contributed by atoms with Gasteiger partial charge in [-0.1, -0.05) is 28.1 Å². The Morgan fingerprint density at radius 1 is 1.35 bits per heavy atom. The molecule has 1 saturated heterocycles. The zero-order valence-corrected chi connectivity index (χ0v) is 12.7. The van der Waals surface area contributed by atoms with Crippen molar-refractivity contribution in [1.29, 1.82) is 0 Å². The minimum atomic E-state index is -0.420. The van der Waals surface area contributed by atoms with Gasteiger partial charge < -0.3 is 16.0 Å². The first-order valence-electron chi connectivity index (χ1n) is 6.63. The highest BCUT2D eigenvalue weighted by Gasteiger charge is 2.25. The lowest BCUT2D eigenvalue weighted by Crippen LogP contribution is -2.40. The normalized spacial score (nSPS) is 18.1. The number of benzene rings is 1. The number of halogens is 1. The van der Waals surface area contributed by atoms with Crippen LogP contribution in [0.5, 0.6) is 0 Å². The van der Waals surface area contributed by atoms with Gasteiger partial charge in [0, 0.05) is 30.0 Å². The number of primary amides is 1. The van der Waals surface area contributed by atoms with Crippen LogP contribution in [0, 0.1) is 0 Å². The van der Waals surface area contributed by atoms with Gasteiger partial charge in [-0.25, -0.2) is 4.79 Å². The second kappa shape index (κ2) is 6.74. The Balaban J connectivity index is 1.73. The first-order valence-corrected chi connectivity index (χ1v) is 7.42. The summed E-state index contributed by atoms with van der Waals surface area (Å²) >= 11 is 3.38. The molecule has 0 aromatic heterocycles. The molecule has 2 rings (SSSR count). The molecule has 20 heavy (non-hydrogen) atoms. The second-order valence-electron chi connectivity index (χ2n) is 4.96. The van der Waals surface area contributed by atoms with Crippen molar-refractivity contribution in [3.8, 4) is 0 Å². The molecule has 3 amide bonds. The maximum atomic E-state index is 11.9. The fraction of sp³-hybridized carbons (Fsp3) is 0.429. The van der Waals surface area contributed by atoms with Crippen LogP contribution >= 0.6 is 15.9 Å². The Kier molecular flexibility index (Phi) is 5.00. The predicted octanol–water partition coefficient (Wildman–Crippen LogP) is 1.65. The highest BCUT2D eigenvalue weighted by Crippen LogP contribution is 2.12. The van der Waals surface area contributed by atoms with Gasteiger partial charge in [-0.3, -0.25) is 4.79 Å². The van der Waals surface area contributed by atoms with E-state index in [0.717, 1.165) is 16.5 Å². The summed E-state index contributed by atoms with van der Waals surface area (Å²) in [5, 5.41) is 2.95. The topological polar surface area (TPSA) is 75.4 Å². The van der Waals surface area contributed by atoms with Crippen LogP contribution in [0.4, 0.5) is 4.79 Å². The van der Waals surface area contributed by atoms with Gasteiger partial charge in [-0.05, 0) is 30.5 Å². The first-order chi connectivity index (χ1) is 9.54. The van der Waals surface area contributed by atoms with Crippen LogP contribution in [0.2, 0.25) is 0 Å². The van der Waals surface area contributed by atoms with Gasteiger partial charge in [0.15, 0.2) is 0 Å². The van der Waals surface area contributed by atoms with Crippen LogP contribution in [0.3, 0.4) is 0 Å². The van der Waals surface area contributed by atoms with E-state index < -0.39 is 6.03 Å². The summed E-state index contributed by atoms with van der Waals surface area (Å²) in [6, 6.07) is 7.55. The van der Waals surface area contributed by atoms with Crippen molar-refractivity contribution in [2.75, 3.05) is 13.1 Å².